The van der Waals surface area contributed by atoms with Gasteiger partial charge in [0, 0.05) is 51.6 Å². The highest BCUT2D eigenvalue weighted by Gasteiger charge is 2.33. The van der Waals surface area contributed by atoms with Gasteiger partial charge in [-0.3, -0.25) is 0 Å². The van der Waals surface area contributed by atoms with Gasteiger partial charge in [0.1, 0.15) is 11.5 Å². The molecule has 0 saturated heterocycles. The van der Waals surface area contributed by atoms with Crippen molar-refractivity contribution >= 4 is 73.6 Å². The molecule has 12 nitrogen and oxygen atoms in total. The van der Waals surface area contributed by atoms with Crippen molar-refractivity contribution in [2.24, 2.45) is 5.73 Å². The summed E-state index contributed by atoms with van der Waals surface area (Å²) in [5, 5.41) is 10.4. The molecule has 0 fully saturated rings. The molecule has 0 aliphatic carbocycles. The van der Waals surface area contributed by atoms with Crippen LogP contribution in [0.15, 0.2) is 128 Å². The number of nitrogen functional groups attached to an aromatic ring is 2. The fourth-order valence-corrected chi connectivity index (χ4v) is 5.40. The van der Waals surface area contributed by atoms with Crippen LogP contribution in [-0.2, 0) is 6.18 Å². The minimum absolute atomic E-state index is 0.0505. The lowest BCUT2D eigenvalue weighted by molar-refractivity contribution is -0.137. The van der Waals surface area contributed by atoms with E-state index in [-0.39, 0.29) is 5.69 Å². The van der Waals surface area contributed by atoms with Crippen LogP contribution in [0.2, 0.25) is 5.02 Å². The molecule has 0 radical (unpaired) electrons. The standard InChI is InChI=1S/C23H16ClF3N4O2.C16H14N4O2/c24-20-8-5-16(12-19(20)23(25,26)27)31-22(32)30-15-3-6-17(7-4-15)33-21-18-11-14(28)2-1-13(18)9-10-29-21;17-11-2-1-10-7-8-19-15(14(10)9-11)22-13-5-3-12(4-6-13)20-16(18)21/h1-12H,28H2,(H2,30,31,32);1-9H,17H2,(H3,18,20,21). The second kappa shape index (κ2) is 16.2. The van der Waals surface area contributed by atoms with Crippen LogP contribution in [0, 0.1) is 0 Å². The van der Waals surface area contributed by atoms with Gasteiger partial charge in [-0.05, 0) is 114 Å². The second-order valence-corrected chi connectivity index (χ2v) is 12.1. The molecule has 16 heteroatoms. The fraction of sp³-hybridized carbons (Fsp3) is 0.0256. The van der Waals surface area contributed by atoms with E-state index in [0.29, 0.717) is 46.0 Å². The predicted molar refractivity (Wildman–Crippen MR) is 208 cm³/mol. The van der Waals surface area contributed by atoms with Crippen molar-refractivity contribution in [2.75, 3.05) is 27.4 Å². The summed E-state index contributed by atoms with van der Waals surface area (Å²) >= 11 is 5.59. The molecule has 0 aliphatic rings. The van der Waals surface area contributed by atoms with Gasteiger partial charge in [0.15, 0.2) is 0 Å². The van der Waals surface area contributed by atoms with E-state index in [9.17, 15) is 22.8 Å². The molecule has 5 aromatic carbocycles. The third-order valence-corrected chi connectivity index (χ3v) is 8.03. The van der Waals surface area contributed by atoms with Crippen molar-refractivity contribution in [1.29, 1.82) is 0 Å². The number of urea groups is 2. The number of primary amides is 1. The Balaban J connectivity index is 0.000000203. The van der Waals surface area contributed by atoms with Crippen molar-refractivity contribution < 1.29 is 32.2 Å². The number of pyridine rings is 2. The number of anilines is 5. The van der Waals surface area contributed by atoms with Crippen LogP contribution in [0.25, 0.3) is 21.5 Å². The van der Waals surface area contributed by atoms with E-state index in [4.69, 9.17) is 38.3 Å². The third-order valence-electron chi connectivity index (χ3n) is 7.70. The first-order chi connectivity index (χ1) is 26.3. The van der Waals surface area contributed by atoms with Crippen LogP contribution < -0.4 is 42.6 Å². The Morgan fingerprint density at radius 3 is 1.53 bits per heavy atom. The Kier molecular flexibility index (Phi) is 11.0. The predicted octanol–water partition coefficient (Wildman–Crippen LogP) is 10.0. The molecule has 2 aromatic heterocycles. The summed E-state index contributed by atoms with van der Waals surface area (Å²) in [5.41, 5.74) is 17.9. The van der Waals surface area contributed by atoms with E-state index in [1.807, 2.05) is 36.4 Å². The molecule has 0 saturated carbocycles. The Morgan fingerprint density at radius 2 is 1.05 bits per heavy atom. The van der Waals surface area contributed by atoms with E-state index >= 15 is 0 Å². The van der Waals surface area contributed by atoms with Gasteiger partial charge < -0.3 is 42.6 Å². The first-order valence-corrected chi connectivity index (χ1v) is 16.5. The van der Waals surface area contributed by atoms with Gasteiger partial charge in [0.05, 0.1) is 10.6 Å². The molecule has 0 atom stereocenters. The number of alkyl halides is 3. The SMILES string of the molecule is NC(=O)Nc1ccc(Oc2nccc3ccc(N)cc23)cc1.Nc1ccc2ccnc(Oc3ccc(NC(=O)Nc4ccc(Cl)c(C(F)(F)F)c4)cc3)c2c1. The maximum atomic E-state index is 13.0. The Hall–Kier alpha value is -7.26. The number of amides is 4. The number of nitrogens with two attached hydrogens (primary N) is 3. The largest absolute Gasteiger partial charge is 0.438 e. The smallest absolute Gasteiger partial charge is 0.417 e. The molecule has 278 valence electrons. The summed E-state index contributed by atoms with van der Waals surface area (Å²) in [7, 11) is 0. The molecule has 0 unspecified atom stereocenters. The summed E-state index contributed by atoms with van der Waals surface area (Å²) in [6, 6.07) is 29.7. The zero-order valence-electron chi connectivity index (χ0n) is 28.4. The van der Waals surface area contributed by atoms with Crippen LogP contribution in [0.1, 0.15) is 5.56 Å². The third kappa shape index (κ3) is 9.79. The summed E-state index contributed by atoms with van der Waals surface area (Å²) in [5.74, 6) is 1.91. The van der Waals surface area contributed by atoms with Gasteiger partial charge in [-0.25, -0.2) is 19.6 Å². The monoisotopic (exact) mass is 766 g/mol. The highest BCUT2D eigenvalue weighted by molar-refractivity contribution is 6.31. The fourth-order valence-electron chi connectivity index (χ4n) is 5.17. The number of nitrogens with one attached hydrogen (secondary N) is 3. The minimum atomic E-state index is -4.63. The summed E-state index contributed by atoms with van der Waals surface area (Å²) in [6.07, 6.45) is -1.34. The lowest BCUT2D eigenvalue weighted by Crippen LogP contribution is -2.19. The molecule has 55 heavy (non-hydrogen) atoms. The zero-order chi connectivity index (χ0) is 39.1. The van der Waals surface area contributed by atoms with Crippen molar-refractivity contribution in [3.63, 3.8) is 0 Å². The molecule has 0 aliphatic heterocycles. The molecule has 7 rings (SSSR count). The number of fused-ring (bicyclic) bond motifs is 2. The molecule has 2 heterocycles. The van der Waals surface area contributed by atoms with Gasteiger partial charge in [0.25, 0.3) is 0 Å². The molecule has 4 amide bonds. The molecule has 0 bridgehead atoms. The maximum absolute atomic E-state index is 13.0. The number of aromatic nitrogens is 2. The zero-order valence-corrected chi connectivity index (χ0v) is 29.2. The highest BCUT2D eigenvalue weighted by atomic mass is 35.5. The second-order valence-electron chi connectivity index (χ2n) is 11.7. The quantitative estimate of drug-likeness (QED) is 0.0863. The first-order valence-electron chi connectivity index (χ1n) is 16.2. The van der Waals surface area contributed by atoms with E-state index in [2.05, 4.69) is 25.9 Å². The number of carbonyl (C=O) groups is 2. The Labute approximate surface area is 316 Å². The van der Waals surface area contributed by atoms with Crippen molar-refractivity contribution in [3.05, 3.63) is 138 Å². The number of benzene rings is 5. The van der Waals surface area contributed by atoms with Crippen LogP contribution in [0.3, 0.4) is 0 Å². The topological polar surface area (TPSA) is 193 Å². The lowest BCUT2D eigenvalue weighted by Gasteiger charge is -2.13. The summed E-state index contributed by atoms with van der Waals surface area (Å²) in [6.45, 7) is 0. The first kappa shape index (κ1) is 37.5. The minimum Gasteiger partial charge on any atom is -0.438 e. The van der Waals surface area contributed by atoms with E-state index < -0.39 is 28.8 Å². The van der Waals surface area contributed by atoms with Crippen molar-refractivity contribution in [2.45, 2.75) is 6.18 Å². The van der Waals surface area contributed by atoms with E-state index in [0.717, 1.165) is 33.7 Å². The summed E-state index contributed by atoms with van der Waals surface area (Å²) in [4.78, 5) is 31.5. The lowest BCUT2D eigenvalue weighted by atomic mass is 10.1. The molecule has 7 aromatic rings. The average Bonchev–Trinajstić information content (AvgIpc) is 3.14. The van der Waals surface area contributed by atoms with Crippen molar-refractivity contribution in [1.82, 2.24) is 9.97 Å². The number of halogens is 4. The van der Waals surface area contributed by atoms with Crippen LogP contribution in [0.4, 0.5) is 51.2 Å². The van der Waals surface area contributed by atoms with Crippen LogP contribution in [0.5, 0.6) is 23.3 Å². The van der Waals surface area contributed by atoms with Gasteiger partial charge in [-0.15, -0.1) is 0 Å². The molecular formula is C39H30ClF3N8O4. The van der Waals surface area contributed by atoms with Gasteiger partial charge in [0.2, 0.25) is 11.8 Å². The van der Waals surface area contributed by atoms with E-state index in [1.54, 1.807) is 73.1 Å². The molecule has 0 spiro atoms. The van der Waals surface area contributed by atoms with Gasteiger partial charge in [-0.2, -0.15) is 13.2 Å². The van der Waals surface area contributed by atoms with Gasteiger partial charge in [-0.1, -0.05) is 23.7 Å². The van der Waals surface area contributed by atoms with Gasteiger partial charge >= 0.3 is 18.2 Å². The molecule has 9 N–H and O–H groups in total. The number of carbonyl (C=O) groups excluding carboxylic acids is 2. The maximum Gasteiger partial charge on any atom is 0.417 e. The average molecular weight is 767 g/mol. The van der Waals surface area contributed by atoms with E-state index in [1.165, 1.54) is 6.07 Å². The normalized spacial score (nSPS) is 10.9. The number of rotatable bonds is 7. The molecular weight excluding hydrogens is 737 g/mol. The summed E-state index contributed by atoms with van der Waals surface area (Å²) < 4.78 is 50.6. The highest BCUT2D eigenvalue weighted by Crippen LogP contribution is 2.36. The number of nitrogens with zero attached hydrogens (tertiary/aromatic N) is 2. The number of ether oxygens (including phenoxy) is 2. The number of hydrogen-bond acceptors (Lipinski definition) is 8. The van der Waals surface area contributed by atoms with Crippen LogP contribution >= 0.6 is 11.6 Å². The van der Waals surface area contributed by atoms with Crippen LogP contribution in [-0.4, -0.2) is 22.0 Å². The van der Waals surface area contributed by atoms with Crippen molar-refractivity contribution in [3.8, 4) is 23.3 Å². The Morgan fingerprint density at radius 1 is 0.600 bits per heavy atom. The number of hydrogen-bond donors (Lipinski definition) is 6. The Bertz CT molecular complexity index is 2500.